The maximum Gasteiger partial charge on any atom is 0.362 e. The number of carbonyl (C=O) groups is 1. The van der Waals surface area contributed by atoms with Gasteiger partial charge in [-0.05, 0) is 31.8 Å². The van der Waals surface area contributed by atoms with Gasteiger partial charge in [0, 0.05) is 5.56 Å². The number of rotatable bonds is 10. The zero-order valence-corrected chi connectivity index (χ0v) is 25.8. The van der Waals surface area contributed by atoms with Crippen LogP contribution in [-0.2, 0) is 19.2 Å². The molecule has 45 heavy (non-hydrogen) atoms. The Labute approximate surface area is 260 Å². The number of carbonyl (C=O) groups excluding carboxylic acids is 1. The van der Waals surface area contributed by atoms with E-state index in [1.165, 1.54) is 54.8 Å². The Kier molecular flexibility index (Phi) is 11.0. The van der Waals surface area contributed by atoms with Crippen molar-refractivity contribution in [1.29, 1.82) is 0 Å². The Hall–Kier alpha value is -4.19. The van der Waals surface area contributed by atoms with Crippen LogP contribution >= 0.6 is 0 Å². The number of hydrogen-bond acceptors (Lipinski definition) is 13. The van der Waals surface area contributed by atoms with Crippen molar-refractivity contribution in [2.45, 2.75) is 45.3 Å². The first kappa shape index (κ1) is 33.7. The van der Waals surface area contributed by atoms with Crippen molar-refractivity contribution >= 4 is 33.2 Å². The van der Waals surface area contributed by atoms with Gasteiger partial charge >= 0.3 is 10.3 Å². The van der Waals surface area contributed by atoms with Gasteiger partial charge in [-0.2, -0.15) is 8.42 Å². The zero-order chi connectivity index (χ0) is 32.7. The summed E-state index contributed by atoms with van der Waals surface area (Å²) in [7, 11) is -4.66. The summed E-state index contributed by atoms with van der Waals surface area (Å²) in [6, 6.07) is 14.4. The van der Waals surface area contributed by atoms with Gasteiger partial charge in [0.15, 0.2) is 23.5 Å². The largest absolute Gasteiger partial charge is 0.507 e. The maximum atomic E-state index is 12.3. The molecule has 1 fully saturated rings. The molecule has 5 rings (SSSR count). The Bertz CT molecular complexity index is 1690. The number of benzene rings is 2. The number of aromatic hydroxyl groups is 1. The molecular weight excluding hydrogens is 606 g/mol. The highest BCUT2D eigenvalue weighted by atomic mass is 32.2. The molecule has 0 aliphatic carbocycles. The summed E-state index contributed by atoms with van der Waals surface area (Å²) in [5.41, 5.74) is 6.93. The van der Waals surface area contributed by atoms with Crippen molar-refractivity contribution in [3.8, 4) is 17.1 Å². The molecule has 4 atom stereocenters. The molecular formula is C29H37N7O8S. The van der Waals surface area contributed by atoms with Crippen LogP contribution in [0.15, 0.2) is 60.9 Å². The number of imidazole rings is 1. The van der Waals surface area contributed by atoms with Gasteiger partial charge in [0.25, 0.3) is 5.91 Å². The first-order chi connectivity index (χ1) is 21.5. The highest BCUT2D eigenvalue weighted by Crippen LogP contribution is 2.33. The molecule has 0 saturated carbocycles. The minimum atomic E-state index is -4.66. The highest BCUT2D eigenvalue weighted by Gasteiger charge is 2.45. The van der Waals surface area contributed by atoms with E-state index in [-0.39, 0.29) is 22.5 Å². The fourth-order valence-corrected chi connectivity index (χ4v) is 5.34. The summed E-state index contributed by atoms with van der Waals surface area (Å²) in [6.45, 7) is 9.39. The van der Waals surface area contributed by atoms with Crippen LogP contribution in [0.3, 0.4) is 0 Å². The molecule has 16 heteroatoms. The standard InChI is InChI=1S/C23H22N6O8S.C6H15N/c24-19-16-21(27-20(26-19)12-6-2-1-3-7-12)29(11-25-16)23-18(32)17(31)15(37-23)10-36-38(34,35)28-22(33)13-8-4-5-9-14(13)30;1-4-7(5-2)6-3/h1-9,11,15,17-18,23,30-32H,10H2,(H,28,33)(H2,24,26,27);4-6H2,1-3H3/t15-,17-,18-,23-;/m1./s1. The zero-order valence-electron chi connectivity index (χ0n) is 25.0. The van der Waals surface area contributed by atoms with Gasteiger partial charge in [0.05, 0.1) is 18.5 Å². The van der Waals surface area contributed by atoms with E-state index in [1.807, 2.05) is 6.07 Å². The minimum absolute atomic E-state index is 0.0896. The third-order valence-electron chi connectivity index (χ3n) is 7.19. The van der Waals surface area contributed by atoms with Crippen molar-refractivity contribution < 1.29 is 37.5 Å². The molecule has 1 aliphatic rings. The number of fused-ring (bicyclic) bond motifs is 1. The van der Waals surface area contributed by atoms with Crippen LogP contribution in [-0.4, -0.2) is 98.6 Å². The van der Waals surface area contributed by atoms with E-state index in [1.54, 1.807) is 29.0 Å². The van der Waals surface area contributed by atoms with E-state index < -0.39 is 53.1 Å². The van der Waals surface area contributed by atoms with Crippen LogP contribution in [0.5, 0.6) is 5.75 Å². The maximum absolute atomic E-state index is 12.3. The van der Waals surface area contributed by atoms with Crippen molar-refractivity contribution in [2.24, 2.45) is 0 Å². The first-order valence-corrected chi connectivity index (χ1v) is 15.7. The van der Waals surface area contributed by atoms with E-state index >= 15 is 0 Å². The lowest BCUT2D eigenvalue weighted by molar-refractivity contribution is -0.0468. The number of nitrogen functional groups attached to an aromatic ring is 1. The average molecular weight is 644 g/mol. The number of nitrogens with zero attached hydrogens (tertiary/aromatic N) is 5. The van der Waals surface area contributed by atoms with Gasteiger partial charge in [-0.25, -0.2) is 19.7 Å². The summed E-state index contributed by atoms with van der Waals surface area (Å²) in [4.78, 5) is 27.5. The molecule has 2 aromatic heterocycles. The van der Waals surface area contributed by atoms with E-state index in [0.29, 0.717) is 11.4 Å². The molecule has 0 radical (unpaired) electrons. The fourth-order valence-electron chi connectivity index (χ4n) is 4.63. The number of aliphatic hydroxyl groups excluding tert-OH is 2. The number of nitrogens with two attached hydrogens (primary N) is 1. The molecule has 6 N–H and O–H groups in total. The number of aromatic nitrogens is 4. The minimum Gasteiger partial charge on any atom is -0.507 e. The number of phenols is 1. The van der Waals surface area contributed by atoms with Gasteiger partial charge in [-0.3, -0.25) is 13.5 Å². The van der Waals surface area contributed by atoms with Crippen molar-refractivity contribution in [3.63, 3.8) is 0 Å². The molecule has 4 aromatic rings. The van der Waals surface area contributed by atoms with Crippen molar-refractivity contribution in [2.75, 3.05) is 32.0 Å². The second-order valence-corrected chi connectivity index (χ2v) is 11.3. The lowest BCUT2D eigenvalue weighted by Crippen LogP contribution is -2.37. The normalized spacial score (nSPS) is 19.8. The Morgan fingerprint density at radius 3 is 2.29 bits per heavy atom. The number of aliphatic hydroxyl groups is 2. The second-order valence-electron chi connectivity index (χ2n) is 9.98. The molecule has 0 bridgehead atoms. The van der Waals surface area contributed by atoms with Crippen LogP contribution < -0.4 is 10.5 Å². The number of amides is 1. The molecule has 242 valence electrons. The smallest absolute Gasteiger partial charge is 0.362 e. The first-order valence-electron chi connectivity index (χ1n) is 14.3. The monoisotopic (exact) mass is 643 g/mol. The number of hydrogen-bond donors (Lipinski definition) is 5. The molecule has 0 unspecified atom stereocenters. The lowest BCUT2D eigenvalue weighted by Gasteiger charge is -2.17. The number of nitrogens with one attached hydrogen (secondary N) is 1. The molecule has 1 aliphatic heterocycles. The van der Waals surface area contributed by atoms with Crippen molar-refractivity contribution in [1.82, 2.24) is 29.1 Å². The summed E-state index contributed by atoms with van der Waals surface area (Å²) >= 11 is 0. The molecule has 2 aromatic carbocycles. The number of phenolic OH excluding ortho intramolecular Hbond substituents is 1. The fraction of sp³-hybridized carbons (Fsp3) is 0.379. The van der Waals surface area contributed by atoms with Gasteiger partial charge in [-0.1, -0.05) is 63.2 Å². The van der Waals surface area contributed by atoms with Crippen LogP contribution in [0.25, 0.3) is 22.6 Å². The van der Waals surface area contributed by atoms with Gasteiger partial charge in [0.2, 0.25) is 0 Å². The Balaban J connectivity index is 0.000000591. The predicted molar refractivity (Wildman–Crippen MR) is 165 cm³/mol. The second kappa shape index (κ2) is 14.7. The summed E-state index contributed by atoms with van der Waals surface area (Å²) in [5, 5.41) is 30.9. The SMILES string of the molecule is CCN(CC)CC.Nc1nc(-c2ccccc2)nc2c1ncn2[C@@H]1O[C@H](COS(=O)(=O)NC(=O)c2ccccc2O)[C@@H](O)[C@H]1O. The van der Waals surface area contributed by atoms with Crippen LogP contribution in [0.2, 0.25) is 0 Å². The molecule has 0 spiro atoms. The predicted octanol–water partition coefficient (Wildman–Crippen LogP) is 1.44. The molecule has 1 amide bonds. The third-order valence-corrected chi connectivity index (χ3v) is 8.07. The topological polar surface area (TPSA) is 215 Å². The summed E-state index contributed by atoms with van der Waals surface area (Å²) < 4.78 is 38.1. The highest BCUT2D eigenvalue weighted by molar-refractivity contribution is 7.85. The average Bonchev–Trinajstić information content (AvgIpc) is 3.58. The molecule has 1 saturated heterocycles. The Morgan fingerprint density at radius 1 is 1.02 bits per heavy atom. The van der Waals surface area contributed by atoms with E-state index in [4.69, 9.17) is 14.7 Å². The van der Waals surface area contributed by atoms with E-state index in [9.17, 15) is 28.5 Å². The van der Waals surface area contributed by atoms with Crippen LogP contribution in [0.1, 0.15) is 37.4 Å². The lowest BCUT2D eigenvalue weighted by atomic mass is 10.1. The van der Waals surface area contributed by atoms with E-state index in [2.05, 4.69) is 40.6 Å². The number of para-hydroxylation sites is 1. The van der Waals surface area contributed by atoms with Crippen LogP contribution in [0.4, 0.5) is 5.82 Å². The number of ether oxygens (including phenoxy) is 1. The van der Waals surface area contributed by atoms with Crippen molar-refractivity contribution in [3.05, 3.63) is 66.5 Å². The number of anilines is 1. The summed E-state index contributed by atoms with van der Waals surface area (Å²) in [5.74, 6) is -1.15. The molecule has 3 heterocycles. The quantitative estimate of drug-likeness (QED) is 0.166. The third kappa shape index (κ3) is 7.91. The van der Waals surface area contributed by atoms with Gasteiger partial charge in [-0.15, -0.1) is 0 Å². The van der Waals surface area contributed by atoms with Gasteiger partial charge in [0.1, 0.15) is 29.6 Å². The van der Waals surface area contributed by atoms with Gasteiger partial charge < -0.3 is 30.7 Å². The van der Waals surface area contributed by atoms with E-state index in [0.717, 1.165) is 0 Å². The molecule has 15 nitrogen and oxygen atoms in total. The van der Waals surface area contributed by atoms with Crippen LogP contribution in [0, 0.1) is 0 Å². The summed E-state index contributed by atoms with van der Waals surface area (Å²) in [6.07, 6.45) is -4.31. The Morgan fingerprint density at radius 2 is 1.67 bits per heavy atom.